The minimum Gasteiger partial charge on any atom is -0.463 e. The summed E-state index contributed by atoms with van der Waals surface area (Å²) < 4.78 is 34.5. The van der Waals surface area contributed by atoms with Gasteiger partial charge in [-0.05, 0) is 39.3 Å². The minimum atomic E-state index is -4.02. The molecule has 0 aliphatic rings. The zero-order valence-corrected chi connectivity index (χ0v) is 14.0. The molecule has 0 saturated heterocycles. The fourth-order valence-corrected chi connectivity index (χ4v) is 1.71. The van der Waals surface area contributed by atoms with Gasteiger partial charge in [-0.2, -0.15) is 8.42 Å². The van der Waals surface area contributed by atoms with E-state index in [0.29, 0.717) is 0 Å². The molecule has 1 rings (SSSR count). The third kappa shape index (κ3) is 8.47. The van der Waals surface area contributed by atoms with Crippen LogP contribution in [0.15, 0.2) is 29.2 Å². The highest BCUT2D eigenvalue weighted by Gasteiger charge is 2.12. The van der Waals surface area contributed by atoms with Crippen molar-refractivity contribution in [3.63, 3.8) is 0 Å². The lowest BCUT2D eigenvalue weighted by Crippen LogP contribution is -2.18. The number of ether oxygens (including phenoxy) is 1. The highest BCUT2D eigenvalue weighted by atomic mass is 32.2. The average Bonchev–Trinajstić information content (AvgIpc) is 2.37. The van der Waals surface area contributed by atoms with Crippen molar-refractivity contribution in [2.24, 2.45) is 5.92 Å². The van der Waals surface area contributed by atoms with E-state index in [2.05, 4.69) is 0 Å². The predicted molar refractivity (Wildman–Crippen MR) is 81.7 cm³/mol. The van der Waals surface area contributed by atoms with Gasteiger partial charge in [-0.15, -0.1) is 0 Å². The second-order valence-electron chi connectivity index (χ2n) is 5.08. The Morgan fingerprint density at radius 2 is 1.67 bits per heavy atom. The summed E-state index contributed by atoms with van der Waals surface area (Å²) in [6, 6.07) is 5.99. The van der Waals surface area contributed by atoms with Crippen LogP contribution >= 0.6 is 0 Å². The van der Waals surface area contributed by atoms with E-state index in [1.54, 1.807) is 12.1 Å². The predicted octanol–water partition coefficient (Wildman–Crippen LogP) is 3.23. The number of rotatable bonds is 4. The highest BCUT2D eigenvalue weighted by Crippen LogP contribution is 2.08. The molecule has 0 bridgehead atoms. The van der Waals surface area contributed by atoms with Crippen LogP contribution in [0.3, 0.4) is 0 Å². The Balaban J connectivity index is 0.000000384. The van der Waals surface area contributed by atoms with Crippen LogP contribution in [-0.2, 0) is 19.6 Å². The molecule has 1 atom stereocenters. The molecule has 0 fully saturated rings. The number of hydrogen-bond donors (Lipinski definition) is 1. The molecule has 1 aromatic carbocycles. The summed E-state index contributed by atoms with van der Waals surface area (Å²) in [5, 5.41) is 0. The summed E-state index contributed by atoms with van der Waals surface area (Å²) in [6.07, 6.45) is 0.868. The van der Waals surface area contributed by atoms with Crippen LogP contribution < -0.4 is 0 Å². The Hall–Kier alpha value is -1.40. The molecule has 0 heterocycles. The molecule has 5 nitrogen and oxygen atoms in total. The third-order valence-electron chi connectivity index (χ3n) is 2.69. The van der Waals surface area contributed by atoms with Crippen LogP contribution in [0.2, 0.25) is 0 Å². The molecule has 0 aliphatic carbocycles. The van der Waals surface area contributed by atoms with Crippen molar-refractivity contribution in [2.45, 2.75) is 52.0 Å². The largest absolute Gasteiger partial charge is 0.463 e. The van der Waals surface area contributed by atoms with Crippen molar-refractivity contribution in [1.29, 1.82) is 0 Å². The second kappa shape index (κ2) is 8.79. The first-order valence-electron chi connectivity index (χ1n) is 6.82. The van der Waals surface area contributed by atoms with Crippen LogP contribution in [0.5, 0.6) is 0 Å². The quantitative estimate of drug-likeness (QED) is 0.681. The first kappa shape index (κ1) is 19.6. The molecule has 1 N–H and O–H groups in total. The number of carbonyl (C=O) groups excluding carboxylic acids is 1. The molecule has 0 amide bonds. The molecule has 0 radical (unpaired) electrons. The molecule has 0 saturated carbocycles. The van der Waals surface area contributed by atoms with Gasteiger partial charge in [0.2, 0.25) is 0 Å². The van der Waals surface area contributed by atoms with E-state index in [4.69, 9.17) is 9.29 Å². The fraction of sp³-hybridized carbons (Fsp3) is 0.533. The zero-order chi connectivity index (χ0) is 16.6. The molecule has 6 heteroatoms. The van der Waals surface area contributed by atoms with Gasteiger partial charge in [-0.1, -0.05) is 31.5 Å². The van der Waals surface area contributed by atoms with Crippen LogP contribution in [0.25, 0.3) is 0 Å². The van der Waals surface area contributed by atoms with Gasteiger partial charge in [0.25, 0.3) is 10.1 Å². The summed E-state index contributed by atoms with van der Waals surface area (Å²) >= 11 is 0. The standard InChI is InChI=1S/C8H16O2.C7H8O3S/c1-5-7(4)8(9)10-6(2)3;1-6-2-4-7(5-3-6)11(8,9)10/h6-7H,5H2,1-4H3;2-5H,1H3,(H,8,9,10). The molecule has 120 valence electrons. The van der Waals surface area contributed by atoms with E-state index in [1.807, 2.05) is 34.6 Å². The van der Waals surface area contributed by atoms with Crippen molar-refractivity contribution in [3.8, 4) is 0 Å². The van der Waals surface area contributed by atoms with Crippen molar-refractivity contribution >= 4 is 16.1 Å². The van der Waals surface area contributed by atoms with Gasteiger partial charge in [-0.3, -0.25) is 9.35 Å². The van der Waals surface area contributed by atoms with Gasteiger partial charge in [0.1, 0.15) is 0 Å². The van der Waals surface area contributed by atoms with Crippen molar-refractivity contribution in [1.82, 2.24) is 0 Å². The maximum atomic E-state index is 11.0. The Labute approximate surface area is 127 Å². The lowest BCUT2D eigenvalue weighted by Gasteiger charge is -2.11. The van der Waals surface area contributed by atoms with E-state index in [9.17, 15) is 13.2 Å². The van der Waals surface area contributed by atoms with E-state index >= 15 is 0 Å². The molecule has 1 aromatic rings. The first-order chi connectivity index (χ1) is 9.57. The van der Waals surface area contributed by atoms with Crippen LogP contribution in [0.4, 0.5) is 0 Å². The maximum absolute atomic E-state index is 11.0. The first-order valence-corrected chi connectivity index (χ1v) is 8.26. The Bertz CT molecular complexity index is 532. The third-order valence-corrected chi connectivity index (χ3v) is 3.55. The molecular weight excluding hydrogens is 292 g/mol. The van der Waals surface area contributed by atoms with E-state index in [1.165, 1.54) is 12.1 Å². The Morgan fingerprint density at radius 1 is 1.19 bits per heavy atom. The van der Waals surface area contributed by atoms with Crippen molar-refractivity contribution in [3.05, 3.63) is 29.8 Å². The summed E-state index contributed by atoms with van der Waals surface area (Å²) in [6.45, 7) is 9.42. The van der Waals surface area contributed by atoms with E-state index in [-0.39, 0.29) is 22.9 Å². The summed E-state index contributed by atoms with van der Waals surface area (Å²) in [5.74, 6) is -0.0418. The molecule has 0 aliphatic heterocycles. The normalized spacial score (nSPS) is 12.3. The maximum Gasteiger partial charge on any atom is 0.308 e. The molecule has 0 aromatic heterocycles. The van der Waals surface area contributed by atoms with Gasteiger partial charge in [0.05, 0.1) is 16.9 Å². The van der Waals surface area contributed by atoms with Gasteiger partial charge in [0.15, 0.2) is 0 Å². The van der Waals surface area contributed by atoms with Crippen molar-refractivity contribution < 1.29 is 22.5 Å². The number of hydrogen-bond acceptors (Lipinski definition) is 4. The summed E-state index contributed by atoms with van der Waals surface area (Å²) in [5.41, 5.74) is 0.956. The number of benzene rings is 1. The lowest BCUT2D eigenvalue weighted by molar-refractivity contribution is -0.151. The monoisotopic (exact) mass is 316 g/mol. The minimum absolute atomic E-state index is 0.0153. The molecular formula is C15H24O5S. The van der Waals surface area contributed by atoms with Gasteiger partial charge < -0.3 is 4.74 Å². The summed E-state index contributed by atoms with van der Waals surface area (Å²) in [7, 11) is -4.02. The van der Waals surface area contributed by atoms with Crippen LogP contribution in [-0.4, -0.2) is 25.0 Å². The Kier molecular flexibility index (Phi) is 8.21. The molecule has 21 heavy (non-hydrogen) atoms. The van der Waals surface area contributed by atoms with Gasteiger partial charge in [-0.25, -0.2) is 0 Å². The highest BCUT2D eigenvalue weighted by molar-refractivity contribution is 7.85. The zero-order valence-electron chi connectivity index (χ0n) is 13.2. The van der Waals surface area contributed by atoms with Crippen molar-refractivity contribution in [2.75, 3.05) is 0 Å². The van der Waals surface area contributed by atoms with E-state index in [0.717, 1.165) is 12.0 Å². The molecule has 0 spiro atoms. The van der Waals surface area contributed by atoms with Crippen LogP contribution in [0.1, 0.15) is 39.7 Å². The fourth-order valence-electron chi connectivity index (χ4n) is 1.23. The van der Waals surface area contributed by atoms with Gasteiger partial charge >= 0.3 is 5.97 Å². The number of carbonyl (C=O) groups is 1. The number of aryl methyl sites for hydroxylation is 1. The van der Waals surface area contributed by atoms with Gasteiger partial charge in [0, 0.05) is 0 Å². The second-order valence-corrected chi connectivity index (χ2v) is 6.50. The topological polar surface area (TPSA) is 80.7 Å². The van der Waals surface area contributed by atoms with E-state index < -0.39 is 10.1 Å². The average molecular weight is 316 g/mol. The smallest absolute Gasteiger partial charge is 0.308 e. The Morgan fingerprint density at radius 3 is 2.00 bits per heavy atom. The lowest BCUT2D eigenvalue weighted by atomic mass is 10.1. The summed E-state index contributed by atoms with van der Waals surface area (Å²) in [4.78, 5) is 10.9. The van der Waals surface area contributed by atoms with Crippen LogP contribution in [0, 0.1) is 12.8 Å². The molecule has 1 unspecified atom stereocenters. The number of esters is 1. The SMILES string of the molecule is CCC(C)C(=O)OC(C)C.Cc1ccc(S(=O)(=O)O)cc1.